The first-order valence-corrected chi connectivity index (χ1v) is 6.35. The van der Waals surface area contributed by atoms with Gasteiger partial charge in [0.25, 0.3) is 0 Å². The maximum absolute atomic E-state index is 10.9. The molecule has 5 nitrogen and oxygen atoms in total. The lowest BCUT2D eigenvalue weighted by Gasteiger charge is -2.11. The zero-order chi connectivity index (χ0) is 14.9. The standard InChI is InChI=1S/C15H18N2O3/c1-8-6-13(20-4)9(2)5-11(8)15-12(7-14(18)19)16-10(3)17-15/h5-6H,7H2,1-4H3,(H,16,17)(H,18,19). The van der Waals surface area contributed by atoms with Gasteiger partial charge in [-0.2, -0.15) is 0 Å². The number of hydrogen-bond acceptors (Lipinski definition) is 3. The maximum atomic E-state index is 10.9. The Morgan fingerprint density at radius 3 is 2.60 bits per heavy atom. The first-order valence-electron chi connectivity index (χ1n) is 6.35. The van der Waals surface area contributed by atoms with Crippen LogP contribution < -0.4 is 4.74 Å². The molecule has 2 rings (SSSR count). The normalized spacial score (nSPS) is 10.6. The lowest BCUT2D eigenvalue weighted by molar-refractivity contribution is -0.136. The van der Waals surface area contributed by atoms with Crippen LogP contribution in [0.1, 0.15) is 22.6 Å². The van der Waals surface area contributed by atoms with Gasteiger partial charge >= 0.3 is 5.97 Å². The Kier molecular flexibility index (Phi) is 3.79. The van der Waals surface area contributed by atoms with E-state index in [0.29, 0.717) is 17.2 Å². The van der Waals surface area contributed by atoms with Gasteiger partial charge in [-0.15, -0.1) is 0 Å². The van der Waals surface area contributed by atoms with Crippen molar-refractivity contribution in [1.29, 1.82) is 0 Å². The number of carboxylic acid groups (broad SMARTS) is 1. The van der Waals surface area contributed by atoms with E-state index in [1.807, 2.05) is 32.9 Å². The van der Waals surface area contributed by atoms with Crippen LogP contribution in [0.25, 0.3) is 11.3 Å². The topological polar surface area (TPSA) is 75.2 Å². The first-order chi connectivity index (χ1) is 9.42. The molecule has 2 aromatic rings. The largest absolute Gasteiger partial charge is 0.496 e. The van der Waals surface area contributed by atoms with Crippen LogP contribution in [0.4, 0.5) is 0 Å². The molecule has 1 heterocycles. The SMILES string of the molecule is COc1cc(C)c(-c2nc(C)[nH]c2CC(=O)O)cc1C. The van der Waals surface area contributed by atoms with Gasteiger partial charge in [-0.25, -0.2) is 4.98 Å². The van der Waals surface area contributed by atoms with E-state index in [9.17, 15) is 4.79 Å². The van der Waals surface area contributed by atoms with Crippen molar-refractivity contribution in [3.8, 4) is 17.0 Å². The minimum atomic E-state index is -0.877. The van der Waals surface area contributed by atoms with E-state index in [1.54, 1.807) is 7.11 Å². The van der Waals surface area contributed by atoms with E-state index in [-0.39, 0.29) is 6.42 Å². The molecule has 5 heteroatoms. The highest BCUT2D eigenvalue weighted by atomic mass is 16.5. The van der Waals surface area contributed by atoms with Crippen molar-refractivity contribution in [2.45, 2.75) is 27.2 Å². The minimum absolute atomic E-state index is 0.0688. The van der Waals surface area contributed by atoms with Crippen molar-refractivity contribution >= 4 is 5.97 Å². The molecule has 0 saturated heterocycles. The lowest BCUT2D eigenvalue weighted by Crippen LogP contribution is -2.02. The predicted molar refractivity (Wildman–Crippen MR) is 76.1 cm³/mol. The molecule has 0 unspecified atom stereocenters. The minimum Gasteiger partial charge on any atom is -0.496 e. The van der Waals surface area contributed by atoms with E-state index in [0.717, 1.165) is 22.4 Å². The number of aromatic amines is 1. The highest BCUT2D eigenvalue weighted by Crippen LogP contribution is 2.31. The second-order valence-electron chi connectivity index (χ2n) is 4.86. The summed E-state index contributed by atoms with van der Waals surface area (Å²) in [5.74, 6) is 0.653. The molecular formula is C15H18N2O3. The van der Waals surface area contributed by atoms with E-state index >= 15 is 0 Å². The molecule has 1 aromatic heterocycles. The molecule has 106 valence electrons. The second-order valence-corrected chi connectivity index (χ2v) is 4.86. The zero-order valence-corrected chi connectivity index (χ0v) is 12.1. The fourth-order valence-electron chi connectivity index (χ4n) is 2.31. The van der Waals surface area contributed by atoms with Crippen LogP contribution in [0.5, 0.6) is 5.75 Å². The van der Waals surface area contributed by atoms with Crippen LogP contribution in [0, 0.1) is 20.8 Å². The van der Waals surface area contributed by atoms with Gasteiger partial charge in [0.1, 0.15) is 11.6 Å². The Morgan fingerprint density at radius 2 is 2.00 bits per heavy atom. The van der Waals surface area contributed by atoms with Crippen molar-refractivity contribution in [3.63, 3.8) is 0 Å². The van der Waals surface area contributed by atoms with Gasteiger partial charge in [0.15, 0.2) is 0 Å². The molecule has 1 aromatic carbocycles. The number of imidazole rings is 1. The summed E-state index contributed by atoms with van der Waals surface area (Å²) in [5.41, 5.74) is 4.26. The molecule has 0 aliphatic carbocycles. The van der Waals surface area contributed by atoms with Gasteiger partial charge in [0, 0.05) is 5.56 Å². The molecular weight excluding hydrogens is 256 g/mol. The summed E-state index contributed by atoms with van der Waals surface area (Å²) in [4.78, 5) is 18.4. The molecule has 2 N–H and O–H groups in total. The number of ether oxygens (including phenoxy) is 1. The smallest absolute Gasteiger partial charge is 0.309 e. The van der Waals surface area contributed by atoms with Crippen molar-refractivity contribution in [3.05, 3.63) is 34.8 Å². The Balaban J connectivity index is 2.56. The van der Waals surface area contributed by atoms with Crippen molar-refractivity contribution in [2.24, 2.45) is 0 Å². The molecule has 0 aliphatic rings. The quantitative estimate of drug-likeness (QED) is 0.898. The number of rotatable bonds is 4. The zero-order valence-electron chi connectivity index (χ0n) is 12.1. The third kappa shape index (κ3) is 2.66. The van der Waals surface area contributed by atoms with Crippen LogP contribution in [0.2, 0.25) is 0 Å². The Bertz CT molecular complexity index is 659. The number of aryl methyl sites for hydroxylation is 3. The van der Waals surface area contributed by atoms with Crippen LogP contribution in [-0.2, 0) is 11.2 Å². The highest BCUT2D eigenvalue weighted by molar-refractivity contribution is 5.75. The Labute approximate surface area is 117 Å². The number of carbonyl (C=O) groups is 1. The number of carboxylic acids is 1. The summed E-state index contributed by atoms with van der Waals surface area (Å²) in [6.07, 6.45) is -0.0688. The molecule has 0 fully saturated rings. The van der Waals surface area contributed by atoms with Crippen molar-refractivity contribution in [1.82, 2.24) is 9.97 Å². The highest BCUT2D eigenvalue weighted by Gasteiger charge is 2.16. The number of nitrogens with zero attached hydrogens (tertiary/aromatic N) is 1. The van der Waals surface area contributed by atoms with Gasteiger partial charge in [-0.3, -0.25) is 4.79 Å². The summed E-state index contributed by atoms with van der Waals surface area (Å²) >= 11 is 0. The number of aromatic nitrogens is 2. The van der Waals surface area contributed by atoms with E-state index in [4.69, 9.17) is 9.84 Å². The number of methoxy groups -OCH3 is 1. The number of benzene rings is 1. The molecule has 20 heavy (non-hydrogen) atoms. The first kappa shape index (κ1) is 14.1. The van der Waals surface area contributed by atoms with Crippen LogP contribution in [0.3, 0.4) is 0 Å². The lowest BCUT2D eigenvalue weighted by atomic mass is 10.00. The van der Waals surface area contributed by atoms with Crippen LogP contribution in [-0.4, -0.2) is 28.2 Å². The number of nitrogens with one attached hydrogen (secondary N) is 1. The van der Waals surface area contributed by atoms with Crippen molar-refractivity contribution in [2.75, 3.05) is 7.11 Å². The predicted octanol–water partition coefficient (Wildman–Crippen LogP) is 2.64. The van der Waals surface area contributed by atoms with E-state index < -0.39 is 5.97 Å². The van der Waals surface area contributed by atoms with E-state index in [1.165, 1.54) is 0 Å². The molecule has 0 spiro atoms. The maximum Gasteiger partial charge on any atom is 0.309 e. The summed E-state index contributed by atoms with van der Waals surface area (Å²) in [6.45, 7) is 5.74. The van der Waals surface area contributed by atoms with E-state index in [2.05, 4.69) is 9.97 Å². The second kappa shape index (κ2) is 5.36. The average Bonchev–Trinajstić information content (AvgIpc) is 2.71. The number of hydrogen-bond donors (Lipinski definition) is 2. The fraction of sp³-hybridized carbons (Fsp3) is 0.333. The third-order valence-electron chi connectivity index (χ3n) is 3.22. The molecule has 0 saturated carbocycles. The van der Waals surface area contributed by atoms with Gasteiger partial charge in [0.2, 0.25) is 0 Å². The Hall–Kier alpha value is -2.30. The molecule has 0 atom stereocenters. The molecule has 0 amide bonds. The van der Waals surface area contributed by atoms with Gasteiger partial charge < -0.3 is 14.8 Å². The average molecular weight is 274 g/mol. The number of H-pyrrole nitrogens is 1. The summed E-state index contributed by atoms with van der Waals surface area (Å²) in [6, 6.07) is 3.92. The molecule has 0 bridgehead atoms. The summed E-state index contributed by atoms with van der Waals surface area (Å²) < 4.78 is 5.29. The van der Waals surface area contributed by atoms with Gasteiger partial charge in [-0.05, 0) is 44.0 Å². The van der Waals surface area contributed by atoms with Crippen molar-refractivity contribution < 1.29 is 14.6 Å². The fourth-order valence-corrected chi connectivity index (χ4v) is 2.31. The van der Waals surface area contributed by atoms with Crippen LogP contribution in [0.15, 0.2) is 12.1 Å². The monoisotopic (exact) mass is 274 g/mol. The summed E-state index contributed by atoms with van der Waals surface area (Å²) in [5, 5.41) is 8.99. The molecule has 0 radical (unpaired) electrons. The number of aliphatic carboxylic acids is 1. The van der Waals surface area contributed by atoms with Crippen LogP contribution >= 0.6 is 0 Å². The summed E-state index contributed by atoms with van der Waals surface area (Å²) in [7, 11) is 1.63. The van der Waals surface area contributed by atoms with Gasteiger partial charge in [-0.1, -0.05) is 0 Å². The van der Waals surface area contributed by atoms with Gasteiger partial charge in [0.05, 0.1) is 24.9 Å². The molecule has 0 aliphatic heterocycles. The Morgan fingerprint density at radius 1 is 1.30 bits per heavy atom. The third-order valence-corrected chi connectivity index (χ3v) is 3.22.